The number of terminal acetylenes is 1. The molecule has 2 amide bonds. The highest BCUT2D eigenvalue weighted by atomic mass is 32.2. The van der Waals surface area contributed by atoms with Crippen molar-refractivity contribution in [2.45, 2.75) is 130 Å². The molecule has 41 nitrogen and oxygen atoms in total. The van der Waals surface area contributed by atoms with Crippen LogP contribution in [0.3, 0.4) is 0 Å². The fourth-order valence-corrected chi connectivity index (χ4v) is 12.8. The Bertz CT molecular complexity index is 5970. The second-order valence-corrected chi connectivity index (χ2v) is 29.4. The minimum Gasteiger partial charge on any atom is -0.475 e. The number of carbonyl (C=O) groups excluding carboxylic acids is 3. The molecule has 8 aromatic heterocycles. The van der Waals surface area contributed by atoms with Gasteiger partial charge in [-0.05, 0) is 40.5 Å². The molecule has 4 aliphatic rings. The molecule has 0 aliphatic carbocycles. The van der Waals surface area contributed by atoms with E-state index in [0.29, 0.717) is 88.9 Å². The molecule has 8 N–H and O–H groups in total. The number of ketones is 1. The van der Waals surface area contributed by atoms with Crippen LogP contribution in [0.1, 0.15) is 74.0 Å². The van der Waals surface area contributed by atoms with Gasteiger partial charge in [-0.15, -0.1) is 30.1 Å². The number of rotatable bonds is 13. The number of carbonyl (C=O) groups is 7. The minimum atomic E-state index is -5.08. The van der Waals surface area contributed by atoms with Gasteiger partial charge in [0.05, 0.1) is 43.4 Å². The summed E-state index contributed by atoms with van der Waals surface area (Å²) in [5.74, 6) is 17.2. The van der Waals surface area contributed by atoms with Crippen molar-refractivity contribution >= 4 is 127 Å². The number of nitrogens with zero attached hydrogens (tertiary/aromatic N) is 21. The van der Waals surface area contributed by atoms with Gasteiger partial charge in [0.25, 0.3) is 22.2 Å². The summed E-state index contributed by atoms with van der Waals surface area (Å²) in [4.78, 5) is 168. The highest BCUT2D eigenvalue weighted by molar-refractivity contribution is 7.85. The van der Waals surface area contributed by atoms with Crippen molar-refractivity contribution in [3.05, 3.63) is 53.1 Å². The Balaban J connectivity index is 0.000000279. The van der Waals surface area contributed by atoms with Crippen molar-refractivity contribution in [3.8, 4) is 59.7 Å². The van der Waals surface area contributed by atoms with Crippen LogP contribution in [0, 0.1) is 59.7 Å². The van der Waals surface area contributed by atoms with Crippen LogP contribution in [0.4, 0.5) is 82.4 Å². The molecule has 12 rings (SSSR count). The van der Waals surface area contributed by atoms with Crippen molar-refractivity contribution < 1.29 is 111 Å². The van der Waals surface area contributed by atoms with Gasteiger partial charge in [0.15, 0.2) is 50.5 Å². The summed E-state index contributed by atoms with van der Waals surface area (Å²) in [7, 11) is 4.98. The maximum Gasteiger partial charge on any atom is 0.490 e. The molecule has 0 radical (unpaired) electrons. The molecule has 1 unspecified atom stereocenters. The van der Waals surface area contributed by atoms with Crippen molar-refractivity contribution in [2.24, 2.45) is 28.2 Å². The molecule has 12 heterocycles. The molecule has 8 aromatic rings. The smallest absolute Gasteiger partial charge is 0.475 e. The average molecular weight is 1870 g/mol. The number of aliphatic carboxylic acids is 4. The van der Waals surface area contributed by atoms with E-state index in [1.54, 1.807) is 53.4 Å². The lowest BCUT2D eigenvalue weighted by atomic mass is 10.3. The van der Waals surface area contributed by atoms with Crippen LogP contribution in [0.2, 0.25) is 0 Å². The number of hydrogen-bond acceptors (Lipinski definition) is 28. The molecule has 130 heavy (non-hydrogen) atoms. The minimum absolute atomic E-state index is 0.0412. The van der Waals surface area contributed by atoms with Gasteiger partial charge < -0.3 is 61.3 Å². The second-order valence-electron chi connectivity index (χ2n) is 27.5. The molecule has 0 saturated carbocycles. The molecule has 0 spiro atoms. The quantitative estimate of drug-likeness (QED) is 0.0458. The maximum atomic E-state index is 13.1. The lowest BCUT2D eigenvalue weighted by Crippen LogP contribution is -2.44. The van der Waals surface area contributed by atoms with Gasteiger partial charge >= 0.3 is 48.6 Å². The van der Waals surface area contributed by atoms with Gasteiger partial charge in [-0.3, -0.25) is 74.3 Å². The highest BCUT2D eigenvalue weighted by Crippen LogP contribution is 2.27. The summed E-state index contributed by atoms with van der Waals surface area (Å²) in [6.07, 6.45) is -14.8. The molecule has 0 bridgehead atoms. The fraction of sp³-hybridized carbons (Fsp3) is 0.513. The van der Waals surface area contributed by atoms with E-state index in [2.05, 4.69) is 134 Å². The predicted octanol–water partition coefficient (Wildman–Crippen LogP) is 1.31. The number of imide groups is 1. The number of Topliss-reactive ketones (excluding diaryl/α,β-unsaturated/α-hetero) is 1. The van der Waals surface area contributed by atoms with Gasteiger partial charge in [0.1, 0.15) is 11.6 Å². The van der Waals surface area contributed by atoms with E-state index in [1.165, 1.54) is 46.1 Å². The summed E-state index contributed by atoms with van der Waals surface area (Å²) in [6.45, 7) is 29.3. The van der Waals surface area contributed by atoms with Crippen molar-refractivity contribution in [3.63, 3.8) is 0 Å². The van der Waals surface area contributed by atoms with Gasteiger partial charge in [-0.1, -0.05) is 37.5 Å². The largest absolute Gasteiger partial charge is 0.490 e. The number of piperazine rings is 4. The number of anilines is 5. The van der Waals surface area contributed by atoms with E-state index >= 15 is 0 Å². The summed E-state index contributed by atoms with van der Waals surface area (Å²) in [5.41, 5.74) is 1.85. The third-order valence-electron chi connectivity index (χ3n) is 18.1. The normalized spacial score (nSPS) is 13.9. The van der Waals surface area contributed by atoms with Crippen LogP contribution in [0.5, 0.6) is 0 Å². The van der Waals surface area contributed by atoms with Crippen LogP contribution < -0.4 is 68.0 Å². The van der Waals surface area contributed by atoms with Gasteiger partial charge in [-0.2, -0.15) is 82.6 Å². The number of amides is 2. The van der Waals surface area contributed by atoms with Crippen LogP contribution in [0.25, 0.3) is 44.7 Å². The monoisotopic (exact) mass is 1870 g/mol. The molecule has 0 aromatic carbocycles. The first kappa shape index (κ1) is 107. The van der Waals surface area contributed by atoms with E-state index < -0.39 is 71.2 Å². The Morgan fingerprint density at radius 2 is 0.669 bits per heavy atom. The van der Waals surface area contributed by atoms with Crippen molar-refractivity contribution in [2.75, 3.05) is 129 Å². The lowest BCUT2D eigenvalue weighted by Gasteiger charge is -2.28. The van der Waals surface area contributed by atoms with Gasteiger partial charge in [0, 0.05) is 152 Å². The predicted molar refractivity (Wildman–Crippen MR) is 448 cm³/mol. The molecular weight excluding hydrogens is 1780 g/mol. The zero-order valence-electron chi connectivity index (χ0n) is 72.0. The summed E-state index contributed by atoms with van der Waals surface area (Å²) >= 11 is 0. The van der Waals surface area contributed by atoms with Crippen molar-refractivity contribution in [1.29, 1.82) is 0 Å². The maximum absolute atomic E-state index is 13.1. The second kappa shape index (κ2) is 47.3. The van der Waals surface area contributed by atoms with E-state index in [-0.39, 0.29) is 62.3 Å². The first-order chi connectivity index (χ1) is 60.8. The van der Waals surface area contributed by atoms with E-state index in [4.69, 9.17) is 46.0 Å². The average Bonchev–Trinajstić information content (AvgIpc) is 1.63. The molecule has 54 heteroatoms. The van der Waals surface area contributed by atoms with Gasteiger partial charge in [-0.25, -0.2) is 34.0 Å². The lowest BCUT2D eigenvalue weighted by molar-refractivity contribution is -0.193. The van der Waals surface area contributed by atoms with Gasteiger partial charge in [0.2, 0.25) is 46.7 Å². The number of alkyl halides is 12. The summed E-state index contributed by atoms with van der Waals surface area (Å²) in [6, 6.07) is 0. The first-order valence-electron chi connectivity index (χ1n) is 38.5. The molecule has 4 fully saturated rings. The Morgan fingerprint density at radius 3 is 0.923 bits per heavy atom. The van der Waals surface area contributed by atoms with Crippen LogP contribution in [-0.2, 0) is 105 Å². The number of hydrogen-bond donors (Lipinski definition) is 8. The molecule has 706 valence electrons. The molecular formula is C76H91F12N25O16S. The number of fused-ring (bicyclic) bond motifs is 4. The number of imidazole rings is 4. The molecule has 4 aliphatic heterocycles. The first-order valence-corrected chi connectivity index (χ1v) is 39.7. The fourth-order valence-electron chi connectivity index (χ4n) is 11.9. The standard InChI is InChI=1S/C18H23N7O3.C17H24N6O2S.C17H22N6O2.C16H18N6O.4C2HF3O2/c1-5-6-9-24-14-15(21-18(24)23-10-7-19-8-11-23)20-17(22(4)16(14)28)25(12(2)26)13(3)27;1-5-6-9-23-13-14(19-16(23)22-10-7-18-8-11-22)20-17(21(4)15(13)24)26(25)12(2)3;1-4-5-8-23-14-15(20-17(23)22-9-6-18-7-10-22)19-13(11-12(2)24)21(3)16(14)25;1-4-6-9-22-13-14(18-12(5-2)20(3)15(13)23)19-16(22)21-10-7-17-8-11-21;4*3-2(4,5)1(6)7/h19H,7-11H2,1-4H3;12,18H,7-11H2,1-4H3;18H,6-11H2,1-3H3;2,17H,7-11H2,1,3H3;4*(H,6,7). The Morgan fingerprint density at radius 1 is 0.415 bits per heavy atom. The number of halogens is 12. The zero-order chi connectivity index (χ0) is 97.9. The van der Waals surface area contributed by atoms with Crippen LogP contribution in [-0.4, -0.2) is 277 Å². The zero-order valence-corrected chi connectivity index (χ0v) is 72.8. The Kier molecular flexibility index (Phi) is 38.9. The summed E-state index contributed by atoms with van der Waals surface area (Å²) in [5, 5.41) is 41.8. The number of carboxylic acid groups (broad SMARTS) is 4. The van der Waals surface area contributed by atoms with Crippen molar-refractivity contribution in [1.82, 2.24) is 97.7 Å². The van der Waals surface area contributed by atoms with Crippen LogP contribution in [0.15, 0.2) is 24.3 Å². The molecule has 4 saturated heterocycles. The number of aromatic nitrogens is 16. The van der Waals surface area contributed by atoms with E-state index in [9.17, 15) is 90.5 Å². The summed E-state index contributed by atoms with van der Waals surface area (Å²) < 4.78 is 152. The third-order valence-corrected chi connectivity index (χ3v) is 19.7. The third kappa shape index (κ3) is 28.1. The van der Waals surface area contributed by atoms with E-state index in [1.807, 2.05) is 27.5 Å². The highest BCUT2D eigenvalue weighted by Gasteiger charge is 2.41. The van der Waals surface area contributed by atoms with E-state index in [0.717, 1.165) is 116 Å². The molecule has 1 atom stereocenters. The topological polar surface area (TPSA) is 493 Å². The van der Waals surface area contributed by atoms with Crippen LogP contribution >= 0.6 is 0 Å². The number of nitrogens with one attached hydrogen (secondary N) is 4. The Hall–Kier alpha value is -13.8. The Labute approximate surface area is 732 Å². The SMILES string of the molecule is C#Cc1nc2nc(N3CCNCC3)n(CC#CC)c2c(=O)n1C.CC#CCn1c(N2CCNCC2)nc2nc(CC(C)=O)n(C)c(=O)c21.CC#CCn1c(N2CCNCC2)nc2nc(N(C(C)=O)C(C)=O)n(C)c(=O)c21.CC#CCn1c(N2CCNCC2)nc2nc(S(=O)C(C)C)n(C)c(=O)c21.O=C(O)C(F)(F)F.O=C(O)C(F)(F)F.O=C(O)C(F)(F)F.O=C(O)C(F)(F)F. The number of carboxylic acids is 4.